The van der Waals surface area contributed by atoms with Crippen LogP contribution >= 0.6 is 11.3 Å². The zero-order valence-electron chi connectivity index (χ0n) is 16.1. The molecule has 1 aromatic carbocycles. The number of rotatable bonds is 8. The minimum Gasteiger partial charge on any atom is -0.359 e. The first-order valence-corrected chi connectivity index (χ1v) is 9.58. The number of carbonyl (C=O) groups excluding carboxylic acids is 2. The molecular weight excluding hydrogens is 428 g/mol. The average molecular weight is 448 g/mol. The van der Waals surface area contributed by atoms with E-state index in [1.165, 1.54) is 37.1 Å². The van der Waals surface area contributed by atoms with Gasteiger partial charge in [-0.1, -0.05) is 12.1 Å². The number of ether oxygens (including phenoxy) is 1. The first-order chi connectivity index (χ1) is 14.0. The highest BCUT2D eigenvalue weighted by molar-refractivity contribution is 7.13. The highest BCUT2D eigenvalue weighted by Crippen LogP contribution is 2.18. The van der Waals surface area contributed by atoms with Crippen LogP contribution in [0.15, 0.2) is 29.6 Å². The van der Waals surface area contributed by atoms with Crippen molar-refractivity contribution >= 4 is 28.4 Å². The van der Waals surface area contributed by atoms with Crippen LogP contribution in [0, 0.1) is 5.82 Å². The molecule has 1 aromatic heterocycles. The van der Waals surface area contributed by atoms with Crippen LogP contribution in [0.4, 0.5) is 27.5 Å². The number of nitrogens with one attached hydrogen (secondary N) is 2. The number of alkyl halides is 3. The number of benzene rings is 1. The van der Waals surface area contributed by atoms with Crippen LogP contribution in [0.1, 0.15) is 18.2 Å². The van der Waals surface area contributed by atoms with Crippen LogP contribution in [0.25, 0.3) is 0 Å². The second-order valence-electron chi connectivity index (χ2n) is 6.34. The van der Waals surface area contributed by atoms with Crippen LogP contribution in [-0.2, 0) is 22.6 Å². The second-order valence-corrected chi connectivity index (χ2v) is 7.20. The molecular formula is C18H20F4N4O3S. The van der Waals surface area contributed by atoms with Crippen LogP contribution in [-0.4, -0.2) is 47.8 Å². The third kappa shape index (κ3) is 7.95. The fraction of sp³-hybridized carbons (Fsp3) is 0.389. The molecule has 2 aromatic rings. The smallest absolute Gasteiger partial charge is 0.359 e. The van der Waals surface area contributed by atoms with Gasteiger partial charge in [0.15, 0.2) is 5.13 Å². The molecule has 3 amide bonds. The van der Waals surface area contributed by atoms with Gasteiger partial charge in [0.1, 0.15) is 18.5 Å². The van der Waals surface area contributed by atoms with Gasteiger partial charge >= 0.3 is 12.2 Å². The topological polar surface area (TPSA) is 83.6 Å². The molecule has 2 N–H and O–H groups in total. The zero-order chi connectivity index (χ0) is 22.3. The summed E-state index contributed by atoms with van der Waals surface area (Å²) in [7, 11) is 1.41. The Morgan fingerprint density at radius 2 is 2.07 bits per heavy atom. The molecule has 0 spiro atoms. The summed E-state index contributed by atoms with van der Waals surface area (Å²) in [6.07, 6.45) is -5.78. The van der Waals surface area contributed by atoms with E-state index in [1.807, 2.05) is 0 Å². The molecule has 0 bridgehead atoms. The summed E-state index contributed by atoms with van der Waals surface area (Å²) in [6, 6.07) is 5.25. The molecule has 0 aliphatic carbocycles. The lowest BCUT2D eigenvalue weighted by molar-refractivity contribution is -0.188. The van der Waals surface area contributed by atoms with E-state index in [9.17, 15) is 27.2 Å². The summed E-state index contributed by atoms with van der Waals surface area (Å²) >= 11 is 1.12. The molecule has 0 saturated heterocycles. The molecule has 0 saturated carbocycles. The van der Waals surface area contributed by atoms with Gasteiger partial charge in [-0.25, -0.2) is 14.2 Å². The third-order valence-electron chi connectivity index (χ3n) is 3.73. The highest BCUT2D eigenvalue weighted by atomic mass is 32.1. The Morgan fingerprint density at radius 1 is 1.33 bits per heavy atom. The van der Waals surface area contributed by atoms with E-state index in [0.29, 0.717) is 11.3 Å². The number of nitrogens with zero attached hydrogens (tertiary/aromatic N) is 2. The Balaban J connectivity index is 1.80. The first kappa shape index (κ1) is 23.5. The van der Waals surface area contributed by atoms with Crippen molar-refractivity contribution in [3.63, 3.8) is 0 Å². The van der Waals surface area contributed by atoms with Crippen molar-refractivity contribution in [3.05, 3.63) is 46.7 Å². The van der Waals surface area contributed by atoms with Crippen LogP contribution in [0.5, 0.6) is 0 Å². The van der Waals surface area contributed by atoms with Crippen LogP contribution in [0.2, 0.25) is 0 Å². The highest BCUT2D eigenvalue weighted by Gasteiger charge is 2.30. The lowest BCUT2D eigenvalue weighted by atomic mass is 10.2. The van der Waals surface area contributed by atoms with E-state index in [4.69, 9.17) is 0 Å². The Labute approximate surface area is 174 Å². The number of amides is 3. The van der Waals surface area contributed by atoms with Crippen molar-refractivity contribution in [2.75, 3.05) is 19.0 Å². The van der Waals surface area contributed by atoms with Gasteiger partial charge in [0.05, 0.1) is 12.2 Å². The lowest BCUT2D eigenvalue weighted by Gasteiger charge is -2.21. The maximum absolute atomic E-state index is 13.1. The Kier molecular flexibility index (Phi) is 8.12. The largest absolute Gasteiger partial charge is 0.411 e. The number of halogens is 4. The molecule has 0 radical (unpaired) electrons. The molecule has 0 aliphatic rings. The predicted molar refractivity (Wildman–Crippen MR) is 102 cm³/mol. The van der Waals surface area contributed by atoms with Crippen molar-refractivity contribution in [1.29, 1.82) is 0 Å². The number of hydrogen-bond acceptors (Lipinski definition) is 5. The summed E-state index contributed by atoms with van der Waals surface area (Å²) in [5.74, 6) is -1.04. The van der Waals surface area contributed by atoms with Gasteiger partial charge in [0.2, 0.25) is 0 Å². The zero-order valence-corrected chi connectivity index (χ0v) is 16.9. The molecule has 30 heavy (non-hydrogen) atoms. The van der Waals surface area contributed by atoms with Crippen molar-refractivity contribution < 1.29 is 31.9 Å². The number of urea groups is 1. The number of thiazole rings is 1. The Morgan fingerprint density at radius 3 is 2.73 bits per heavy atom. The van der Waals surface area contributed by atoms with Gasteiger partial charge in [-0.3, -0.25) is 10.1 Å². The van der Waals surface area contributed by atoms with Gasteiger partial charge in [-0.15, -0.1) is 11.3 Å². The Bertz CT molecular complexity index is 875. The van der Waals surface area contributed by atoms with Gasteiger partial charge in [0, 0.05) is 19.0 Å². The molecule has 0 fully saturated rings. The van der Waals surface area contributed by atoms with Gasteiger partial charge in [0.25, 0.3) is 5.91 Å². The lowest BCUT2D eigenvalue weighted by Crippen LogP contribution is -2.37. The Hall–Kier alpha value is -2.73. The van der Waals surface area contributed by atoms with Gasteiger partial charge in [-0.05, 0) is 24.6 Å². The third-order valence-corrected chi connectivity index (χ3v) is 4.54. The normalized spacial score (nSPS) is 12.3. The van der Waals surface area contributed by atoms with E-state index in [0.717, 1.165) is 11.3 Å². The predicted octanol–water partition coefficient (Wildman–Crippen LogP) is 3.53. The summed E-state index contributed by atoms with van der Waals surface area (Å²) in [5, 5.41) is 6.95. The summed E-state index contributed by atoms with van der Waals surface area (Å²) < 4.78 is 54.2. The minimum absolute atomic E-state index is 0.0294. The molecule has 1 heterocycles. The van der Waals surface area contributed by atoms with Crippen LogP contribution in [0.3, 0.4) is 0 Å². The standard InChI is InChI=1S/C18H20F4N4O3S/c1-11(29-10-18(20,21)22)15(27)26(2)8-14-9-30-17(24-14)25-16(28)23-7-12-4-3-5-13(19)6-12/h3-6,9,11H,7-8,10H2,1-2H3,(H2,23,24,25,28). The van der Waals surface area contributed by atoms with Gasteiger partial charge < -0.3 is 15.0 Å². The van der Waals surface area contributed by atoms with Crippen LogP contribution < -0.4 is 10.6 Å². The van der Waals surface area contributed by atoms with Crippen molar-refractivity contribution in [3.8, 4) is 0 Å². The number of likely N-dealkylation sites (N-methyl/N-ethyl adjacent to an activating group) is 1. The molecule has 1 atom stereocenters. The molecule has 2 rings (SSSR count). The van der Waals surface area contributed by atoms with E-state index in [-0.39, 0.29) is 18.2 Å². The summed E-state index contributed by atoms with van der Waals surface area (Å²) in [6.45, 7) is -0.124. The van der Waals surface area contributed by atoms with E-state index >= 15 is 0 Å². The van der Waals surface area contributed by atoms with Crippen molar-refractivity contribution in [1.82, 2.24) is 15.2 Å². The average Bonchev–Trinajstić information content (AvgIpc) is 3.10. The van der Waals surface area contributed by atoms with Gasteiger partial charge in [-0.2, -0.15) is 13.2 Å². The minimum atomic E-state index is -4.52. The molecule has 1 unspecified atom stereocenters. The number of anilines is 1. The first-order valence-electron chi connectivity index (χ1n) is 8.70. The second kappa shape index (κ2) is 10.3. The maximum Gasteiger partial charge on any atom is 0.411 e. The maximum atomic E-state index is 13.1. The number of aromatic nitrogens is 1. The summed E-state index contributed by atoms with van der Waals surface area (Å²) in [5.41, 5.74) is 1.03. The van der Waals surface area contributed by atoms with Crippen molar-refractivity contribution in [2.24, 2.45) is 0 Å². The molecule has 7 nitrogen and oxygen atoms in total. The number of carbonyl (C=O) groups is 2. The van der Waals surface area contributed by atoms with Crippen molar-refractivity contribution in [2.45, 2.75) is 32.3 Å². The van der Waals surface area contributed by atoms with E-state index < -0.39 is 36.6 Å². The SMILES string of the molecule is CC(OCC(F)(F)F)C(=O)N(C)Cc1csc(NC(=O)NCc2cccc(F)c2)n1. The summed E-state index contributed by atoms with van der Waals surface area (Å²) in [4.78, 5) is 29.4. The molecule has 0 aliphatic heterocycles. The fourth-order valence-electron chi connectivity index (χ4n) is 2.33. The van der Waals surface area contributed by atoms with E-state index in [1.54, 1.807) is 11.4 Å². The molecule has 164 valence electrons. The van der Waals surface area contributed by atoms with E-state index in [2.05, 4.69) is 20.4 Å². The number of hydrogen-bond donors (Lipinski definition) is 2. The fourth-order valence-corrected chi connectivity index (χ4v) is 3.03. The molecule has 12 heteroatoms. The quantitative estimate of drug-likeness (QED) is 0.606. The monoisotopic (exact) mass is 448 g/mol.